The van der Waals surface area contributed by atoms with E-state index >= 15 is 0 Å². The first kappa shape index (κ1) is 19.4. The molecular weight excluding hydrogens is 324 g/mol. The molecule has 0 aliphatic carbocycles. The summed E-state index contributed by atoms with van der Waals surface area (Å²) in [7, 11) is 1.50. The second-order valence-corrected chi connectivity index (χ2v) is 7.86. The highest BCUT2D eigenvalue weighted by atomic mass is 16.5. The maximum Gasteiger partial charge on any atom is 0.305 e. The molecule has 2 aliphatic rings. The molecule has 0 radical (unpaired) electrons. The molecule has 2 heterocycles. The molecule has 2 atom stereocenters. The highest BCUT2D eigenvalue weighted by molar-refractivity contribution is 5.69. The highest BCUT2D eigenvalue weighted by Crippen LogP contribution is 2.29. The van der Waals surface area contributed by atoms with Crippen LogP contribution in [0.2, 0.25) is 0 Å². The maximum atomic E-state index is 11.6. The number of piperidine rings is 1. The third-order valence-electron chi connectivity index (χ3n) is 6.12. The molecule has 0 bridgehead atoms. The van der Waals surface area contributed by atoms with Gasteiger partial charge >= 0.3 is 5.97 Å². The Morgan fingerprint density at radius 3 is 2.65 bits per heavy atom. The van der Waals surface area contributed by atoms with Gasteiger partial charge in [-0.25, -0.2) is 0 Å². The largest absolute Gasteiger partial charge is 0.469 e. The lowest BCUT2D eigenvalue weighted by molar-refractivity contribution is -0.141. The van der Waals surface area contributed by atoms with Crippen LogP contribution in [0.15, 0.2) is 30.3 Å². The number of ether oxygens (including phenoxy) is 1. The lowest BCUT2D eigenvalue weighted by Gasteiger charge is -2.43. The van der Waals surface area contributed by atoms with Crippen molar-refractivity contribution < 1.29 is 9.53 Å². The summed E-state index contributed by atoms with van der Waals surface area (Å²) in [6.45, 7) is 5.98. The van der Waals surface area contributed by atoms with Crippen molar-refractivity contribution in [2.75, 3.05) is 39.8 Å². The second-order valence-electron chi connectivity index (χ2n) is 7.86. The first-order chi connectivity index (χ1) is 12.8. The predicted octanol–water partition coefficient (Wildman–Crippen LogP) is 3.36. The molecule has 0 aromatic heterocycles. The third-order valence-corrected chi connectivity index (χ3v) is 6.12. The Bertz CT molecular complexity index is 542. The molecule has 144 valence electrons. The van der Waals surface area contributed by atoms with E-state index in [4.69, 9.17) is 4.74 Å². The summed E-state index contributed by atoms with van der Waals surface area (Å²) >= 11 is 0. The fourth-order valence-electron chi connectivity index (χ4n) is 4.69. The van der Waals surface area contributed by atoms with E-state index in [1.165, 1.54) is 58.0 Å². The van der Waals surface area contributed by atoms with Gasteiger partial charge in [0.1, 0.15) is 0 Å². The maximum absolute atomic E-state index is 11.6. The molecule has 3 rings (SSSR count). The predicted molar refractivity (Wildman–Crippen MR) is 105 cm³/mol. The minimum absolute atomic E-state index is 0.0635. The SMILES string of the molecule is COC(=O)CC[C@H]1CN(CCCc2ccccc2)CC[C@H]1N1CCCC1. The molecule has 0 N–H and O–H groups in total. The number of nitrogens with zero attached hydrogens (tertiary/aromatic N) is 2. The van der Waals surface area contributed by atoms with Crippen molar-refractivity contribution in [1.82, 2.24) is 9.80 Å². The molecule has 26 heavy (non-hydrogen) atoms. The van der Waals surface area contributed by atoms with E-state index in [2.05, 4.69) is 40.1 Å². The van der Waals surface area contributed by atoms with Gasteiger partial charge in [0.25, 0.3) is 0 Å². The lowest BCUT2D eigenvalue weighted by atomic mass is 9.87. The zero-order valence-electron chi connectivity index (χ0n) is 16.2. The topological polar surface area (TPSA) is 32.8 Å². The zero-order valence-corrected chi connectivity index (χ0v) is 16.2. The smallest absolute Gasteiger partial charge is 0.305 e. The van der Waals surface area contributed by atoms with Crippen LogP contribution in [-0.2, 0) is 16.0 Å². The summed E-state index contributed by atoms with van der Waals surface area (Å²) in [5.41, 5.74) is 1.43. The number of rotatable bonds is 8. The van der Waals surface area contributed by atoms with Gasteiger partial charge in [-0.05, 0) is 76.2 Å². The second kappa shape index (κ2) is 10.1. The molecule has 1 aromatic rings. The summed E-state index contributed by atoms with van der Waals surface area (Å²) in [4.78, 5) is 16.9. The van der Waals surface area contributed by atoms with Crippen LogP contribution < -0.4 is 0 Å². The lowest BCUT2D eigenvalue weighted by Crippen LogP contribution is -2.50. The Kier molecular flexibility index (Phi) is 7.51. The average molecular weight is 359 g/mol. The Morgan fingerprint density at radius 1 is 1.15 bits per heavy atom. The first-order valence-electron chi connectivity index (χ1n) is 10.3. The fourth-order valence-corrected chi connectivity index (χ4v) is 4.69. The molecule has 1 aromatic carbocycles. The standard InChI is InChI=1S/C22H34N2O2/c1-26-22(25)12-11-20-18-23(14-7-10-19-8-3-2-4-9-19)17-13-21(20)24-15-5-6-16-24/h2-4,8-9,20-21H,5-7,10-18H2,1H3/t20-,21+/m0/s1. The number of benzene rings is 1. The van der Waals surface area contributed by atoms with Gasteiger partial charge in [-0.15, -0.1) is 0 Å². The molecule has 0 amide bonds. The summed E-state index contributed by atoms with van der Waals surface area (Å²) in [5.74, 6) is 0.532. The summed E-state index contributed by atoms with van der Waals surface area (Å²) in [6, 6.07) is 11.4. The van der Waals surface area contributed by atoms with E-state index in [1.54, 1.807) is 0 Å². The van der Waals surface area contributed by atoms with Gasteiger partial charge in [-0.3, -0.25) is 4.79 Å². The Labute approximate surface area is 158 Å². The van der Waals surface area contributed by atoms with Crippen LogP contribution in [0.25, 0.3) is 0 Å². The van der Waals surface area contributed by atoms with Gasteiger partial charge < -0.3 is 14.5 Å². The van der Waals surface area contributed by atoms with Gasteiger partial charge in [0, 0.05) is 19.0 Å². The van der Waals surface area contributed by atoms with Crippen molar-refractivity contribution in [2.24, 2.45) is 5.92 Å². The number of carbonyl (C=O) groups is 1. The van der Waals surface area contributed by atoms with Gasteiger partial charge in [-0.1, -0.05) is 30.3 Å². The molecular formula is C22H34N2O2. The van der Waals surface area contributed by atoms with E-state index in [0.717, 1.165) is 25.9 Å². The Morgan fingerprint density at radius 2 is 1.92 bits per heavy atom. The molecule has 4 heteroatoms. The van der Waals surface area contributed by atoms with E-state index in [9.17, 15) is 4.79 Å². The Hall–Kier alpha value is -1.39. The van der Waals surface area contributed by atoms with Crippen molar-refractivity contribution in [1.29, 1.82) is 0 Å². The van der Waals surface area contributed by atoms with Gasteiger partial charge in [0.05, 0.1) is 7.11 Å². The van der Waals surface area contributed by atoms with Crippen LogP contribution in [0, 0.1) is 5.92 Å². The van der Waals surface area contributed by atoms with Gasteiger partial charge in [0.2, 0.25) is 0 Å². The number of carbonyl (C=O) groups excluding carboxylic acids is 1. The Balaban J connectivity index is 1.50. The molecule has 0 spiro atoms. The molecule has 0 saturated carbocycles. The molecule has 4 nitrogen and oxygen atoms in total. The quantitative estimate of drug-likeness (QED) is 0.667. The first-order valence-corrected chi connectivity index (χ1v) is 10.3. The van der Waals surface area contributed by atoms with Crippen LogP contribution in [0.3, 0.4) is 0 Å². The van der Waals surface area contributed by atoms with E-state index in [0.29, 0.717) is 18.4 Å². The molecule has 0 unspecified atom stereocenters. The number of aryl methyl sites for hydroxylation is 1. The average Bonchev–Trinajstić information content (AvgIpc) is 3.21. The number of methoxy groups -OCH3 is 1. The van der Waals surface area contributed by atoms with Crippen LogP contribution in [-0.4, -0.2) is 61.6 Å². The molecule has 2 saturated heterocycles. The van der Waals surface area contributed by atoms with Crippen LogP contribution >= 0.6 is 0 Å². The minimum Gasteiger partial charge on any atom is -0.469 e. The fraction of sp³-hybridized carbons (Fsp3) is 0.682. The van der Waals surface area contributed by atoms with Crippen molar-refractivity contribution in [3.8, 4) is 0 Å². The number of hydrogen-bond acceptors (Lipinski definition) is 4. The van der Waals surface area contributed by atoms with Crippen molar-refractivity contribution in [3.05, 3.63) is 35.9 Å². The summed E-state index contributed by atoms with van der Waals surface area (Å²) in [6.07, 6.45) is 7.80. The molecule has 2 fully saturated rings. The third kappa shape index (κ3) is 5.55. The van der Waals surface area contributed by atoms with Crippen molar-refractivity contribution in [2.45, 2.75) is 51.0 Å². The highest BCUT2D eigenvalue weighted by Gasteiger charge is 2.34. The van der Waals surface area contributed by atoms with Crippen molar-refractivity contribution >= 4 is 5.97 Å². The van der Waals surface area contributed by atoms with Crippen LogP contribution in [0.1, 0.15) is 44.1 Å². The van der Waals surface area contributed by atoms with Crippen molar-refractivity contribution in [3.63, 3.8) is 0 Å². The van der Waals surface area contributed by atoms with E-state index < -0.39 is 0 Å². The van der Waals surface area contributed by atoms with Crippen LogP contribution in [0.5, 0.6) is 0 Å². The number of esters is 1. The van der Waals surface area contributed by atoms with Gasteiger partial charge in [0.15, 0.2) is 0 Å². The summed E-state index contributed by atoms with van der Waals surface area (Å²) < 4.78 is 4.88. The molecule has 2 aliphatic heterocycles. The van der Waals surface area contributed by atoms with Crippen LogP contribution in [0.4, 0.5) is 0 Å². The van der Waals surface area contributed by atoms with E-state index in [1.807, 2.05) is 0 Å². The summed E-state index contributed by atoms with van der Waals surface area (Å²) in [5, 5.41) is 0. The zero-order chi connectivity index (χ0) is 18.2. The normalized spacial score (nSPS) is 24.7. The number of likely N-dealkylation sites (tertiary alicyclic amines) is 2. The number of hydrogen-bond donors (Lipinski definition) is 0. The monoisotopic (exact) mass is 358 g/mol. The van der Waals surface area contributed by atoms with E-state index in [-0.39, 0.29) is 5.97 Å². The van der Waals surface area contributed by atoms with Gasteiger partial charge in [-0.2, -0.15) is 0 Å². The minimum atomic E-state index is -0.0635.